The van der Waals surface area contributed by atoms with Gasteiger partial charge < -0.3 is 14.6 Å². The van der Waals surface area contributed by atoms with Gasteiger partial charge in [-0.2, -0.15) is 10.4 Å². The maximum atomic E-state index is 12.7. The van der Waals surface area contributed by atoms with Crippen LogP contribution in [0.1, 0.15) is 23.6 Å². The highest BCUT2D eigenvalue weighted by Crippen LogP contribution is 2.29. The first-order valence-electron chi connectivity index (χ1n) is 10.4. The summed E-state index contributed by atoms with van der Waals surface area (Å²) in [5.41, 5.74) is 3.33. The van der Waals surface area contributed by atoms with Gasteiger partial charge in [0.25, 0.3) is 5.56 Å². The predicted octanol–water partition coefficient (Wildman–Crippen LogP) is 4.51. The van der Waals surface area contributed by atoms with Crippen molar-refractivity contribution in [3.05, 3.63) is 69.5 Å². The third-order valence-electron chi connectivity index (χ3n) is 5.33. The fourth-order valence-electron chi connectivity index (χ4n) is 3.46. The molecule has 0 aliphatic heterocycles. The van der Waals surface area contributed by atoms with E-state index in [1.54, 1.807) is 24.3 Å². The van der Waals surface area contributed by atoms with E-state index in [4.69, 9.17) is 4.42 Å². The van der Waals surface area contributed by atoms with Crippen molar-refractivity contribution in [2.75, 3.05) is 6.61 Å². The van der Waals surface area contributed by atoms with Crippen molar-refractivity contribution in [3.63, 3.8) is 0 Å². The van der Waals surface area contributed by atoms with Crippen LogP contribution >= 0.6 is 0 Å². The zero-order chi connectivity index (χ0) is 23.5. The molecule has 0 aliphatic rings. The number of rotatable bonds is 6. The SMILES string of the molecule is CCc1ccc2oc(-c3ccc(N=Nc4c(C)c(C#N)c(O)n(CCO)c4=O)cc3)nc2c1. The molecule has 0 unspecified atom stereocenters. The molecule has 9 heteroatoms. The fourth-order valence-corrected chi connectivity index (χ4v) is 3.46. The lowest BCUT2D eigenvalue weighted by atomic mass is 10.1. The monoisotopic (exact) mass is 443 g/mol. The van der Waals surface area contributed by atoms with E-state index in [9.17, 15) is 20.3 Å². The molecule has 2 N–H and O–H groups in total. The number of aryl methyl sites for hydroxylation is 1. The van der Waals surface area contributed by atoms with Crippen LogP contribution in [0.2, 0.25) is 0 Å². The first-order chi connectivity index (χ1) is 16.0. The average molecular weight is 443 g/mol. The zero-order valence-corrected chi connectivity index (χ0v) is 18.1. The Bertz CT molecular complexity index is 1460. The Morgan fingerprint density at radius 2 is 1.94 bits per heavy atom. The highest BCUT2D eigenvalue weighted by molar-refractivity contribution is 5.77. The Morgan fingerprint density at radius 3 is 2.61 bits per heavy atom. The highest BCUT2D eigenvalue weighted by atomic mass is 16.3. The Hall–Kier alpha value is -4.29. The molecule has 166 valence electrons. The van der Waals surface area contributed by atoms with Crippen LogP contribution in [0.5, 0.6) is 5.88 Å². The second kappa shape index (κ2) is 9.06. The van der Waals surface area contributed by atoms with Gasteiger partial charge in [-0.3, -0.25) is 9.36 Å². The van der Waals surface area contributed by atoms with E-state index < -0.39 is 11.4 Å². The van der Waals surface area contributed by atoms with E-state index in [1.807, 2.05) is 24.3 Å². The molecular weight excluding hydrogens is 422 g/mol. The van der Waals surface area contributed by atoms with E-state index in [0.29, 0.717) is 17.2 Å². The van der Waals surface area contributed by atoms with Crippen LogP contribution in [0, 0.1) is 18.3 Å². The van der Waals surface area contributed by atoms with Gasteiger partial charge in [0, 0.05) is 11.1 Å². The Morgan fingerprint density at radius 1 is 1.18 bits per heavy atom. The van der Waals surface area contributed by atoms with E-state index in [0.717, 1.165) is 22.1 Å². The lowest BCUT2D eigenvalue weighted by molar-refractivity contribution is 0.263. The van der Waals surface area contributed by atoms with Gasteiger partial charge in [0.2, 0.25) is 11.8 Å². The van der Waals surface area contributed by atoms with Crippen LogP contribution in [0.3, 0.4) is 0 Å². The number of aromatic hydroxyl groups is 1. The summed E-state index contributed by atoms with van der Waals surface area (Å²) >= 11 is 0. The molecule has 2 heterocycles. The van der Waals surface area contributed by atoms with E-state index >= 15 is 0 Å². The number of aliphatic hydroxyl groups excluding tert-OH is 1. The van der Waals surface area contributed by atoms with Crippen LogP contribution in [0.15, 0.2) is 61.9 Å². The molecule has 0 bridgehead atoms. The van der Waals surface area contributed by atoms with Crippen molar-refractivity contribution in [2.24, 2.45) is 10.2 Å². The van der Waals surface area contributed by atoms with E-state index in [2.05, 4.69) is 22.1 Å². The Labute approximate surface area is 188 Å². The summed E-state index contributed by atoms with van der Waals surface area (Å²) in [7, 11) is 0. The second-order valence-corrected chi connectivity index (χ2v) is 7.39. The highest BCUT2D eigenvalue weighted by Gasteiger charge is 2.19. The summed E-state index contributed by atoms with van der Waals surface area (Å²) in [6, 6.07) is 14.8. The van der Waals surface area contributed by atoms with Crippen LogP contribution in [-0.2, 0) is 13.0 Å². The van der Waals surface area contributed by atoms with Gasteiger partial charge in [-0.25, -0.2) is 4.98 Å². The first kappa shape index (κ1) is 21.9. The fraction of sp³-hybridized carbons (Fsp3) is 0.208. The summed E-state index contributed by atoms with van der Waals surface area (Å²) in [6.07, 6.45) is 0.916. The summed E-state index contributed by atoms with van der Waals surface area (Å²) < 4.78 is 6.75. The van der Waals surface area contributed by atoms with Crippen molar-refractivity contribution >= 4 is 22.5 Å². The van der Waals surface area contributed by atoms with Crippen molar-refractivity contribution in [3.8, 4) is 23.4 Å². The molecule has 0 saturated heterocycles. The van der Waals surface area contributed by atoms with Gasteiger partial charge in [0.1, 0.15) is 17.1 Å². The zero-order valence-electron chi connectivity index (χ0n) is 18.1. The van der Waals surface area contributed by atoms with Crippen LogP contribution in [0.4, 0.5) is 11.4 Å². The topological polar surface area (TPSA) is 137 Å². The number of benzene rings is 2. The number of oxazole rings is 1. The predicted molar refractivity (Wildman–Crippen MR) is 122 cm³/mol. The van der Waals surface area contributed by atoms with Gasteiger partial charge in [0.05, 0.1) is 18.8 Å². The molecule has 0 radical (unpaired) electrons. The average Bonchev–Trinajstić information content (AvgIpc) is 3.25. The molecule has 2 aromatic carbocycles. The van der Waals surface area contributed by atoms with Gasteiger partial charge in [-0.05, 0) is 55.3 Å². The van der Waals surface area contributed by atoms with Gasteiger partial charge in [-0.15, -0.1) is 5.11 Å². The minimum absolute atomic E-state index is 0.0763. The quantitative estimate of drug-likeness (QED) is 0.421. The first-order valence-corrected chi connectivity index (χ1v) is 10.4. The lowest BCUT2D eigenvalue weighted by Gasteiger charge is -2.11. The largest absolute Gasteiger partial charge is 0.493 e. The minimum atomic E-state index is -0.642. The molecule has 4 rings (SSSR count). The lowest BCUT2D eigenvalue weighted by Crippen LogP contribution is -2.23. The number of aromatic nitrogens is 2. The van der Waals surface area contributed by atoms with Crippen molar-refractivity contribution < 1.29 is 14.6 Å². The molecule has 4 aromatic rings. The molecule has 0 spiro atoms. The summed E-state index contributed by atoms with van der Waals surface area (Å²) in [5, 5.41) is 36.8. The van der Waals surface area contributed by atoms with Crippen molar-refractivity contribution in [2.45, 2.75) is 26.8 Å². The number of hydrogen-bond donors (Lipinski definition) is 2. The molecule has 0 amide bonds. The van der Waals surface area contributed by atoms with Gasteiger partial charge >= 0.3 is 0 Å². The third-order valence-corrected chi connectivity index (χ3v) is 5.33. The summed E-state index contributed by atoms with van der Waals surface area (Å²) in [6.45, 7) is 3.05. The number of pyridine rings is 1. The minimum Gasteiger partial charge on any atom is -0.493 e. The van der Waals surface area contributed by atoms with Crippen LogP contribution in [0.25, 0.3) is 22.6 Å². The molecule has 0 aliphatic carbocycles. The maximum absolute atomic E-state index is 12.7. The third kappa shape index (κ3) is 4.12. The van der Waals surface area contributed by atoms with Gasteiger partial charge in [-0.1, -0.05) is 13.0 Å². The normalized spacial score (nSPS) is 11.3. The summed E-state index contributed by atoms with van der Waals surface area (Å²) in [5.74, 6) is -0.0107. The van der Waals surface area contributed by atoms with E-state index in [-0.39, 0.29) is 30.0 Å². The van der Waals surface area contributed by atoms with Crippen LogP contribution in [-0.4, -0.2) is 26.4 Å². The number of nitriles is 1. The molecule has 0 saturated carbocycles. The number of fused-ring (bicyclic) bond motifs is 1. The number of azo groups is 1. The van der Waals surface area contributed by atoms with E-state index in [1.165, 1.54) is 12.5 Å². The molecular formula is C24H21N5O4. The van der Waals surface area contributed by atoms with Crippen molar-refractivity contribution in [1.29, 1.82) is 5.26 Å². The molecule has 33 heavy (non-hydrogen) atoms. The Balaban J connectivity index is 1.65. The second-order valence-electron chi connectivity index (χ2n) is 7.39. The van der Waals surface area contributed by atoms with Crippen LogP contribution < -0.4 is 5.56 Å². The molecule has 0 fully saturated rings. The van der Waals surface area contributed by atoms with Gasteiger partial charge in [0.15, 0.2) is 11.3 Å². The smallest absolute Gasteiger partial charge is 0.281 e. The number of nitrogens with zero attached hydrogens (tertiary/aromatic N) is 5. The summed E-state index contributed by atoms with van der Waals surface area (Å²) in [4.78, 5) is 17.2. The van der Waals surface area contributed by atoms with Crippen molar-refractivity contribution in [1.82, 2.24) is 9.55 Å². The Kier molecular flexibility index (Phi) is 6.02. The standard InChI is InChI=1S/C24H21N5O4/c1-3-15-4-9-20-19(12-15)26-22(33-20)16-5-7-17(8-6-16)27-28-21-14(2)18(13-25)23(31)29(10-11-30)24(21)32/h4-9,12,30-31H,3,10-11H2,1-2H3. The maximum Gasteiger partial charge on any atom is 0.281 e. The number of aliphatic hydroxyl groups is 1. The molecule has 0 atom stereocenters. The molecule has 9 nitrogen and oxygen atoms in total. The number of hydrogen-bond acceptors (Lipinski definition) is 8. The molecule has 2 aromatic heterocycles.